The molecule has 0 unspecified atom stereocenters. The van der Waals surface area contributed by atoms with Gasteiger partial charge in [0.1, 0.15) is 11.5 Å². The van der Waals surface area contributed by atoms with Gasteiger partial charge in [-0.2, -0.15) is 0 Å². The zero-order chi connectivity index (χ0) is 14.9. The quantitative estimate of drug-likeness (QED) is 0.830. The molecule has 1 aliphatic carbocycles. The molecule has 0 spiro atoms. The van der Waals surface area contributed by atoms with Gasteiger partial charge in [0.2, 0.25) is 5.91 Å². The van der Waals surface area contributed by atoms with Crippen molar-refractivity contribution in [1.29, 1.82) is 0 Å². The summed E-state index contributed by atoms with van der Waals surface area (Å²) in [5, 5.41) is 3.15. The van der Waals surface area contributed by atoms with E-state index in [0.717, 1.165) is 25.7 Å². The fourth-order valence-corrected chi connectivity index (χ4v) is 3.06. The van der Waals surface area contributed by atoms with E-state index in [1.54, 1.807) is 6.92 Å². The highest BCUT2D eigenvalue weighted by atomic mass is 35.5. The Morgan fingerprint density at radius 1 is 1.20 bits per heavy atom. The molecule has 1 N–H and O–H groups in total. The van der Waals surface area contributed by atoms with E-state index >= 15 is 0 Å². The highest BCUT2D eigenvalue weighted by molar-refractivity contribution is 6.38. The smallest absolute Gasteiger partial charge is 0.227 e. The van der Waals surface area contributed by atoms with Crippen LogP contribution in [-0.4, -0.2) is 15.9 Å². The Labute approximate surface area is 129 Å². The van der Waals surface area contributed by atoms with Gasteiger partial charge in [-0.3, -0.25) is 4.79 Å². The molecule has 6 heteroatoms. The van der Waals surface area contributed by atoms with Gasteiger partial charge in [-0.1, -0.05) is 37.0 Å². The summed E-state index contributed by atoms with van der Waals surface area (Å²) in [6.07, 6.45) is 3.88. The molecule has 0 aliphatic heterocycles. The predicted molar refractivity (Wildman–Crippen MR) is 81.2 cm³/mol. The van der Waals surface area contributed by atoms with E-state index in [1.807, 2.05) is 0 Å². The minimum absolute atomic E-state index is 0.0106. The van der Waals surface area contributed by atoms with Crippen molar-refractivity contribution in [3.63, 3.8) is 0 Å². The van der Waals surface area contributed by atoms with Crippen molar-refractivity contribution < 1.29 is 4.79 Å². The number of aryl methyl sites for hydroxylation is 1. The van der Waals surface area contributed by atoms with Crippen molar-refractivity contribution >= 4 is 34.8 Å². The Morgan fingerprint density at radius 2 is 1.70 bits per heavy atom. The summed E-state index contributed by atoms with van der Waals surface area (Å²) in [5.41, 5.74) is 0.646. The van der Waals surface area contributed by atoms with Crippen LogP contribution in [0.25, 0.3) is 0 Å². The van der Waals surface area contributed by atoms with Gasteiger partial charge in [0, 0.05) is 5.92 Å². The first-order valence-corrected chi connectivity index (χ1v) is 7.54. The largest absolute Gasteiger partial charge is 0.321 e. The number of carbonyl (C=O) groups excluding carboxylic acids is 1. The summed E-state index contributed by atoms with van der Waals surface area (Å²) in [7, 11) is 0. The van der Waals surface area contributed by atoms with Crippen LogP contribution in [0.4, 0.5) is 5.69 Å². The zero-order valence-corrected chi connectivity index (χ0v) is 13.5. The average Bonchev–Trinajstić information content (AvgIpc) is 2.33. The number of hydrogen-bond acceptors (Lipinski definition) is 3. The minimum atomic E-state index is -0.0447. The number of hydrogen-bond donors (Lipinski definition) is 1. The van der Waals surface area contributed by atoms with E-state index in [1.165, 1.54) is 0 Å². The molecule has 1 fully saturated rings. The maximum Gasteiger partial charge on any atom is 0.227 e. The predicted octanol–water partition coefficient (Wildman–Crippen LogP) is 4.25. The number of aromatic nitrogens is 2. The number of carbonyl (C=O) groups is 1. The summed E-state index contributed by atoms with van der Waals surface area (Å²) in [5.74, 6) is 0.450. The Balaban J connectivity index is 2.06. The third kappa shape index (κ3) is 3.61. The van der Waals surface area contributed by atoms with Crippen LogP contribution in [0.2, 0.25) is 10.3 Å². The van der Waals surface area contributed by atoms with Gasteiger partial charge in [-0.15, -0.1) is 0 Å². The van der Waals surface area contributed by atoms with E-state index in [9.17, 15) is 4.79 Å². The summed E-state index contributed by atoms with van der Waals surface area (Å²) >= 11 is 12.0. The molecular weight excluding hydrogens is 297 g/mol. The number of nitrogens with one attached hydrogen (secondary N) is 1. The molecule has 2 rings (SSSR count). The van der Waals surface area contributed by atoms with Crippen LogP contribution in [0.5, 0.6) is 0 Å². The van der Waals surface area contributed by atoms with E-state index in [4.69, 9.17) is 23.2 Å². The number of halogens is 2. The normalized spacial score (nSPS) is 18.9. The molecule has 0 atom stereocenters. The number of rotatable bonds is 2. The van der Waals surface area contributed by atoms with Crippen molar-refractivity contribution in [1.82, 2.24) is 9.97 Å². The molecule has 1 aromatic heterocycles. The Morgan fingerprint density at radius 3 is 2.20 bits per heavy atom. The SMILES string of the molecule is Cc1nc(Cl)c(NC(=O)C2CCC(C)(C)CC2)c(Cl)n1. The lowest BCUT2D eigenvalue weighted by Gasteiger charge is -2.33. The summed E-state index contributed by atoms with van der Waals surface area (Å²) in [6, 6.07) is 0. The first-order valence-electron chi connectivity index (χ1n) is 6.79. The van der Waals surface area contributed by atoms with Crippen LogP contribution in [-0.2, 0) is 4.79 Å². The second-order valence-corrected chi connectivity index (χ2v) is 6.87. The molecule has 0 saturated heterocycles. The Bertz CT molecular complexity index is 498. The molecule has 0 aromatic carbocycles. The van der Waals surface area contributed by atoms with Crippen molar-refractivity contribution in [3.05, 3.63) is 16.1 Å². The van der Waals surface area contributed by atoms with Crippen molar-refractivity contribution in [2.24, 2.45) is 11.3 Å². The van der Waals surface area contributed by atoms with Crippen LogP contribution in [0.1, 0.15) is 45.4 Å². The van der Waals surface area contributed by atoms with Gasteiger partial charge in [-0.05, 0) is 38.0 Å². The lowest BCUT2D eigenvalue weighted by molar-refractivity contribution is -0.121. The lowest BCUT2D eigenvalue weighted by Crippen LogP contribution is -2.30. The Kier molecular flexibility index (Phi) is 4.55. The summed E-state index contributed by atoms with van der Waals surface area (Å²) < 4.78 is 0. The standard InChI is InChI=1S/C14H19Cl2N3O/c1-8-17-11(15)10(12(16)18-8)19-13(20)9-4-6-14(2,3)7-5-9/h9H,4-7H2,1-3H3,(H,19,20). The molecule has 1 aliphatic rings. The molecule has 0 radical (unpaired) electrons. The third-order valence-electron chi connectivity index (χ3n) is 3.89. The highest BCUT2D eigenvalue weighted by Gasteiger charge is 2.31. The summed E-state index contributed by atoms with van der Waals surface area (Å²) in [4.78, 5) is 20.3. The molecule has 1 aromatic rings. The highest BCUT2D eigenvalue weighted by Crippen LogP contribution is 2.38. The van der Waals surface area contributed by atoms with Crippen molar-refractivity contribution in [2.75, 3.05) is 5.32 Å². The molecule has 1 amide bonds. The number of amides is 1. The molecule has 110 valence electrons. The van der Waals surface area contributed by atoms with Crippen molar-refractivity contribution in [3.8, 4) is 0 Å². The fourth-order valence-electron chi connectivity index (χ4n) is 2.50. The van der Waals surface area contributed by atoms with Gasteiger partial charge < -0.3 is 5.32 Å². The molecule has 0 bridgehead atoms. The summed E-state index contributed by atoms with van der Waals surface area (Å²) in [6.45, 7) is 6.18. The number of nitrogens with zero attached hydrogens (tertiary/aromatic N) is 2. The zero-order valence-electron chi connectivity index (χ0n) is 12.0. The molecule has 1 heterocycles. The van der Waals surface area contributed by atoms with Gasteiger partial charge in [-0.25, -0.2) is 9.97 Å². The van der Waals surface area contributed by atoms with Gasteiger partial charge >= 0.3 is 0 Å². The minimum Gasteiger partial charge on any atom is -0.321 e. The maximum atomic E-state index is 12.3. The van der Waals surface area contributed by atoms with E-state index in [0.29, 0.717) is 16.9 Å². The maximum absolute atomic E-state index is 12.3. The van der Waals surface area contributed by atoms with Crippen LogP contribution in [0.3, 0.4) is 0 Å². The lowest BCUT2D eigenvalue weighted by atomic mass is 9.73. The van der Waals surface area contributed by atoms with Gasteiger partial charge in [0.15, 0.2) is 10.3 Å². The van der Waals surface area contributed by atoms with E-state index < -0.39 is 0 Å². The monoisotopic (exact) mass is 315 g/mol. The van der Waals surface area contributed by atoms with E-state index in [-0.39, 0.29) is 22.1 Å². The average molecular weight is 316 g/mol. The topological polar surface area (TPSA) is 54.9 Å². The number of anilines is 1. The molecule has 1 saturated carbocycles. The van der Waals surface area contributed by atoms with Gasteiger partial charge in [0.05, 0.1) is 0 Å². The third-order valence-corrected chi connectivity index (χ3v) is 4.44. The van der Waals surface area contributed by atoms with Crippen molar-refractivity contribution in [2.45, 2.75) is 46.5 Å². The first kappa shape index (κ1) is 15.5. The fraction of sp³-hybridized carbons (Fsp3) is 0.643. The van der Waals surface area contributed by atoms with Crippen LogP contribution < -0.4 is 5.32 Å². The Hall–Kier alpha value is -0.870. The second kappa shape index (κ2) is 5.86. The first-order chi connectivity index (χ1) is 9.28. The van der Waals surface area contributed by atoms with Gasteiger partial charge in [0.25, 0.3) is 0 Å². The molecule has 4 nitrogen and oxygen atoms in total. The van der Waals surface area contributed by atoms with Crippen LogP contribution in [0.15, 0.2) is 0 Å². The van der Waals surface area contributed by atoms with Crippen LogP contribution in [0, 0.1) is 18.3 Å². The molecule has 20 heavy (non-hydrogen) atoms. The molecular formula is C14H19Cl2N3O. The van der Waals surface area contributed by atoms with E-state index in [2.05, 4.69) is 29.1 Å². The van der Waals surface area contributed by atoms with Crippen LogP contribution >= 0.6 is 23.2 Å². The second-order valence-electron chi connectivity index (χ2n) is 6.16.